The zero-order chi connectivity index (χ0) is 17.9. The van der Waals surface area contributed by atoms with Crippen LogP contribution in [0.25, 0.3) is 0 Å². The molecule has 0 saturated carbocycles. The van der Waals surface area contributed by atoms with Crippen LogP contribution in [0, 0.1) is 0 Å². The van der Waals surface area contributed by atoms with Gasteiger partial charge in [-0.25, -0.2) is 4.79 Å². The zero-order valence-corrected chi connectivity index (χ0v) is 14.6. The highest BCUT2D eigenvalue weighted by Crippen LogP contribution is 2.30. The van der Waals surface area contributed by atoms with Crippen molar-refractivity contribution in [2.45, 2.75) is 13.0 Å². The van der Waals surface area contributed by atoms with Crippen LogP contribution in [0.2, 0.25) is 0 Å². The molecular weight excluding hydrogens is 328 g/mol. The molecule has 2 aromatic carbocycles. The summed E-state index contributed by atoms with van der Waals surface area (Å²) in [5, 5.41) is 5.71. The highest BCUT2D eigenvalue weighted by atomic mass is 16.2. The number of carbonyl (C=O) groups is 2. The van der Waals surface area contributed by atoms with Crippen LogP contribution >= 0.6 is 0 Å². The lowest BCUT2D eigenvalue weighted by Crippen LogP contribution is -2.51. The van der Waals surface area contributed by atoms with Gasteiger partial charge in [-0.2, -0.15) is 0 Å². The fraction of sp³-hybridized carbons (Fsp3) is 0.300. The van der Waals surface area contributed by atoms with E-state index in [1.807, 2.05) is 24.3 Å². The number of nitrogens with zero attached hydrogens (tertiary/aromatic N) is 2. The van der Waals surface area contributed by atoms with Gasteiger partial charge in [-0.3, -0.25) is 4.79 Å². The molecule has 2 heterocycles. The van der Waals surface area contributed by atoms with Gasteiger partial charge in [0.25, 0.3) is 0 Å². The van der Waals surface area contributed by atoms with E-state index < -0.39 is 0 Å². The summed E-state index contributed by atoms with van der Waals surface area (Å²) in [6, 6.07) is 16.1. The van der Waals surface area contributed by atoms with Gasteiger partial charge < -0.3 is 20.4 Å². The first-order chi connectivity index (χ1) is 12.7. The van der Waals surface area contributed by atoms with Crippen molar-refractivity contribution in [3.63, 3.8) is 0 Å². The van der Waals surface area contributed by atoms with Crippen molar-refractivity contribution in [3.05, 3.63) is 59.7 Å². The Bertz CT molecular complexity index is 836. The third kappa shape index (κ3) is 3.35. The molecule has 6 heteroatoms. The molecule has 26 heavy (non-hydrogen) atoms. The average molecular weight is 350 g/mol. The Labute approximate surface area is 152 Å². The van der Waals surface area contributed by atoms with Gasteiger partial charge in [0.1, 0.15) is 6.54 Å². The Morgan fingerprint density at radius 3 is 2.77 bits per heavy atom. The van der Waals surface area contributed by atoms with Crippen molar-refractivity contribution in [1.82, 2.24) is 10.2 Å². The van der Waals surface area contributed by atoms with Gasteiger partial charge in [0.15, 0.2) is 0 Å². The fourth-order valence-corrected chi connectivity index (χ4v) is 3.56. The minimum atomic E-state index is -0.228. The summed E-state index contributed by atoms with van der Waals surface area (Å²) in [5.74, 6) is -0.117. The number of rotatable bonds is 3. The third-order valence-electron chi connectivity index (χ3n) is 4.93. The molecule has 0 bridgehead atoms. The van der Waals surface area contributed by atoms with Crippen LogP contribution in [0.1, 0.15) is 11.1 Å². The maximum atomic E-state index is 12.5. The molecule has 2 aromatic rings. The first-order valence-electron chi connectivity index (χ1n) is 8.94. The van der Waals surface area contributed by atoms with Crippen LogP contribution < -0.4 is 15.5 Å². The van der Waals surface area contributed by atoms with Crippen molar-refractivity contribution in [2.75, 3.05) is 36.4 Å². The molecule has 0 aromatic heterocycles. The maximum Gasteiger partial charge on any atom is 0.322 e. The Morgan fingerprint density at radius 2 is 1.88 bits per heavy atom. The first kappa shape index (κ1) is 16.4. The Morgan fingerprint density at radius 1 is 1.08 bits per heavy atom. The van der Waals surface area contributed by atoms with Crippen LogP contribution in [-0.4, -0.2) is 43.0 Å². The Kier molecular flexibility index (Phi) is 4.48. The number of nitrogens with one attached hydrogen (secondary N) is 2. The lowest BCUT2D eigenvalue weighted by Gasteiger charge is -2.27. The SMILES string of the molecule is O=C1CN(C(=O)Nc2ccccc2CN2CCc3ccccc32)CCN1. The summed E-state index contributed by atoms with van der Waals surface area (Å²) in [7, 11) is 0. The van der Waals surface area contributed by atoms with Crippen LogP contribution in [0.5, 0.6) is 0 Å². The molecular formula is C20H22N4O2. The number of amides is 3. The Hall–Kier alpha value is -3.02. The van der Waals surface area contributed by atoms with Crippen molar-refractivity contribution in [2.24, 2.45) is 0 Å². The van der Waals surface area contributed by atoms with Gasteiger partial charge in [0.05, 0.1) is 0 Å². The summed E-state index contributed by atoms with van der Waals surface area (Å²) < 4.78 is 0. The average Bonchev–Trinajstić information content (AvgIpc) is 3.06. The normalized spacial score (nSPS) is 16.2. The third-order valence-corrected chi connectivity index (χ3v) is 4.93. The second-order valence-corrected chi connectivity index (χ2v) is 6.66. The molecule has 0 aliphatic carbocycles. The number of urea groups is 1. The Balaban J connectivity index is 1.49. The van der Waals surface area contributed by atoms with Crippen molar-refractivity contribution >= 4 is 23.3 Å². The zero-order valence-electron chi connectivity index (χ0n) is 14.6. The molecule has 4 rings (SSSR count). The van der Waals surface area contributed by atoms with E-state index in [4.69, 9.17) is 0 Å². The number of anilines is 2. The smallest absolute Gasteiger partial charge is 0.322 e. The number of fused-ring (bicyclic) bond motifs is 1. The predicted octanol–water partition coefficient (Wildman–Crippen LogP) is 2.21. The second-order valence-electron chi connectivity index (χ2n) is 6.66. The van der Waals surface area contributed by atoms with Crippen molar-refractivity contribution < 1.29 is 9.59 Å². The summed E-state index contributed by atoms with van der Waals surface area (Å²) in [5.41, 5.74) is 4.50. The van der Waals surface area contributed by atoms with Gasteiger partial charge in [-0.15, -0.1) is 0 Å². The molecule has 0 atom stereocenters. The summed E-state index contributed by atoms with van der Waals surface area (Å²) in [4.78, 5) is 27.9. The lowest BCUT2D eigenvalue weighted by atomic mass is 10.1. The standard InChI is InChI=1S/C20H22N4O2/c25-19-14-24(12-10-21-19)20(26)22-17-7-3-1-6-16(17)13-23-11-9-15-5-2-4-8-18(15)23/h1-8H,9-14H2,(H,21,25)(H,22,26). The number of hydrogen-bond acceptors (Lipinski definition) is 3. The quantitative estimate of drug-likeness (QED) is 0.892. The highest BCUT2D eigenvalue weighted by molar-refractivity contribution is 5.93. The van der Waals surface area contributed by atoms with E-state index in [9.17, 15) is 9.59 Å². The molecule has 1 saturated heterocycles. The highest BCUT2D eigenvalue weighted by Gasteiger charge is 2.23. The predicted molar refractivity (Wildman–Crippen MR) is 101 cm³/mol. The summed E-state index contributed by atoms with van der Waals surface area (Å²) in [6.45, 7) is 2.85. The van der Waals surface area contributed by atoms with Gasteiger partial charge >= 0.3 is 6.03 Å². The van der Waals surface area contributed by atoms with Gasteiger partial charge in [0.2, 0.25) is 5.91 Å². The number of para-hydroxylation sites is 2. The van der Waals surface area contributed by atoms with E-state index in [2.05, 4.69) is 39.8 Å². The number of carbonyl (C=O) groups excluding carboxylic acids is 2. The van der Waals surface area contributed by atoms with E-state index in [0.717, 1.165) is 30.8 Å². The van der Waals surface area contributed by atoms with Crippen LogP contribution in [0.3, 0.4) is 0 Å². The lowest BCUT2D eigenvalue weighted by molar-refractivity contribution is -0.123. The van der Waals surface area contributed by atoms with Crippen LogP contribution in [-0.2, 0) is 17.8 Å². The largest absolute Gasteiger partial charge is 0.367 e. The first-order valence-corrected chi connectivity index (χ1v) is 8.94. The minimum absolute atomic E-state index is 0.105. The molecule has 2 aliphatic rings. The number of piperazine rings is 1. The molecule has 6 nitrogen and oxygen atoms in total. The minimum Gasteiger partial charge on any atom is -0.367 e. The summed E-state index contributed by atoms with van der Waals surface area (Å²) >= 11 is 0. The molecule has 134 valence electrons. The van der Waals surface area contributed by atoms with Gasteiger partial charge in [0, 0.05) is 37.6 Å². The molecule has 3 amide bonds. The fourth-order valence-electron chi connectivity index (χ4n) is 3.56. The summed E-state index contributed by atoms with van der Waals surface area (Å²) in [6.07, 6.45) is 1.05. The second kappa shape index (κ2) is 7.07. The van der Waals surface area contributed by atoms with Crippen molar-refractivity contribution in [1.29, 1.82) is 0 Å². The number of hydrogen-bond donors (Lipinski definition) is 2. The van der Waals surface area contributed by atoms with Crippen molar-refractivity contribution in [3.8, 4) is 0 Å². The number of benzene rings is 2. The van der Waals surface area contributed by atoms with Gasteiger partial charge in [-0.05, 0) is 29.7 Å². The monoisotopic (exact) mass is 350 g/mol. The van der Waals surface area contributed by atoms with E-state index in [0.29, 0.717) is 13.1 Å². The molecule has 0 spiro atoms. The maximum absolute atomic E-state index is 12.5. The van der Waals surface area contributed by atoms with E-state index in [-0.39, 0.29) is 18.5 Å². The van der Waals surface area contributed by atoms with Crippen LogP contribution in [0.15, 0.2) is 48.5 Å². The molecule has 2 aliphatic heterocycles. The molecule has 0 radical (unpaired) electrons. The van der Waals surface area contributed by atoms with Crippen LogP contribution in [0.4, 0.5) is 16.2 Å². The van der Waals surface area contributed by atoms with E-state index in [1.54, 1.807) is 4.90 Å². The molecule has 1 fully saturated rings. The molecule has 0 unspecified atom stereocenters. The van der Waals surface area contributed by atoms with Gasteiger partial charge in [-0.1, -0.05) is 36.4 Å². The molecule has 2 N–H and O–H groups in total. The topological polar surface area (TPSA) is 64.7 Å². The van der Waals surface area contributed by atoms with E-state index in [1.165, 1.54) is 11.3 Å². The van der Waals surface area contributed by atoms with E-state index >= 15 is 0 Å².